The van der Waals surface area contributed by atoms with Crippen LogP contribution in [0, 0.1) is 5.92 Å². The molecule has 4 heteroatoms. The molecule has 0 saturated carbocycles. The van der Waals surface area contributed by atoms with Crippen LogP contribution >= 0.6 is 11.6 Å². The molecule has 1 aliphatic carbocycles. The summed E-state index contributed by atoms with van der Waals surface area (Å²) in [6.45, 7) is 1.57. The number of ether oxygens (including phenoxy) is 2. The molecule has 0 spiro atoms. The van der Waals surface area contributed by atoms with Crippen molar-refractivity contribution in [3.63, 3.8) is 0 Å². The van der Waals surface area contributed by atoms with E-state index in [1.54, 1.807) is 6.20 Å². The second-order valence-electron chi connectivity index (χ2n) is 5.82. The van der Waals surface area contributed by atoms with E-state index >= 15 is 0 Å². The smallest absolute Gasteiger partial charge is 0.157 e. The van der Waals surface area contributed by atoms with Crippen LogP contribution in [-0.4, -0.2) is 24.5 Å². The molecule has 1 aliphatic heterocycles. The maximum Gasteiger partial charge on any atom is 0.157 e. The zero-order valence-corrected chi connectivity index (χ0v) is 13.0. The van der Waals surface area contributed by atoms with Gasteiger partial charge in [-0.15, -0.1) is 0 Å². The van der Waals surface area contributed by atoms with Crippen LogP contribution in [0.4, 0.5) is 0 Å². The van der Waals surface area contributed by atoms with Crippen molar-refractivity contribution in [2.24, 2.45) is 5.92 Å². The molecule has 0 aromatic carbocycles. The summed E-state index contributed by atoms with van der Waals surface area (Å²) >= 11 is 5.93. The number of hydrogen-bond acceptors (Lipinski definition) is 3. The van der Waals surface area contributed by atoms with Gasteiger partial charge in [-0.3, -0.25) is 4.98 Å². The van der Waals surface area contributed by atoms with Crippen molar-refractivity contribution in [3.8, 4) is 0 Å². The fourth-order valence-electron chi connectivity index (χ4n) is 3.07. The first-order valence-electron chi connectivity index (χ1n) is 7.84. The quantitative estimate of drug-likeness (QED) is 0.776. The van der Waals surface area contributed by atoms with Crippen LogP contribution < -0.4 is 0 Å². The SMILES string of the molecule is Clc1ccc(C2C=CCC[C@@H]2COC2CCCCO2)nc1. The first-order chi connectivity index (χ1) is 10.3. The second kappa shape index (κ2) is 7.39. The summed E-state index contributed by atoms with van der Waals surface area (Å²) in [5, 5.41) is 0.682. The lowest BCUT2D eigenvalue weighted by atomic mass is 9.82. The Kier molecular flexibility index (Phi) is 5.28. The minimum absolute atomic E-state index is 0.0107. The van der Waals surface area contributed by atoms with Gasteiger partial charge in [0.25, 0.3) is 0 Å². The molecule has 2 unspecified atom stereocenters. The number of aromatic nitrogens is 1. The highest BCUT2D eigenvalue weighted by molar-refractivity contribution is 6.30. The van der Waals surface area contributed by atoms with Crippen LogP contribution in [0.25, 0.3) is 0 Å². The Morgan fingerprint density at radius 1 is 1.29 bits per heavy atom. The molecule has 1 saturated heterocycles. The van der Waals surface area contributed by atoms with Gasteiger partial charge < -0.3 is 9.47 Å². The highest BCUT2D eigenvalue weighted by atomic mass is 35.5. The Morgan fingerprint density at radius 2 is 2.24 bits per heavy atom. The van der Waals surface area contributed by atoms with Crippen LogP contribution in [0.3, 0.4) is 0 Å². The zero-order valence-electron chi connectivity index (χ0n) is 12.2. The van der Waals surface area contributed by atoms with Gasteiger partial charge in [0.2, 0.25) is 0 Å². The summed E-state index contributed by atoms with van der Waals surface area (Å²) in [6, 6.07) is 3.93. The maximum atomic E-state index is 5.99. The first-order valence-corrected chi connectivity index (χ1v) is 8.22. The van der Waals surface area contributed by atoms with Gasteiger partial charge in [0.05, 0.1) is 11.6 Å². The minimum atomic E-state index is -0.0107. The van der Waals surface area contributed by atoms with E-state index in [-0.39, 0.29) is 6.29 Å². The molecule has 0 radical (unpaired) electrons. The van der Waals surface area contributed by atoms with E-state index < -0.39 is 0 Å². The number of hydrogen-bond donors (Lipinski definition) is 0. The molecule has 21 heavy (non-hydrogen) atoms. The van der Waals surface area contributed by atoms with Crippen molar-refractivity contribution in [1.29, 1.82) is 0 Å². The van der Waals surface area contributed by atoms with E-state index in [2.05, 4.69) is 17.1 Å². The van der Waals surface area contributed by atoms with E-state index in [9.17, 15) is 0 Å². The Hall–Kier alpha value is -0.900. The van der Waals surface area contributed by atoms with E-state index in [1.165, 1.54) is 6.42 Å². The molecular weight excluding hydrogens is 286 g/mol. The lowest BCUT2D eigenvalue weighted by Gasteiger charge is -2.30. The van der Waals surface area contributed by atoms with Crippen molar-refractivity contribution < 1.29 is 9.47 Å². The van der Waals surface area contributed by atoms with Crippen molar-refractivity contribution in [2.75, 3.05) is 13.2 Å². The van der Waals surface area contributed by atoms with Gasteiger partial charge in [-0.1, -0.05) is 23.8 Å². The summed E-state index contributed by atoms with van der Waals surface area (Å²) < 4.78 is 11.6. The van der Waals surface area contributed by atoms with E-state index in [0.29, 0.717) is 16.9 Å². The van der Waals surface area contributed by atoms with Crippen LogP contribution in [-0.2, 0) is 9.47 Å². The lowest BCUT2D eigenvalue weighted by Crippen LogP contribution is -2.28. The highest BCUT2D eigenvalue weighted by Crippen LogP contribution is 2.33. The number of halogens is 1. The predicted octanol–water partition coefficient (Wildman–Crippen LogP) is 4.33. The molecule has 1 fully saturated rings. The summed E-state index contributed by atoms with van der Waals surface area (Å²) in [4.78, 5) is 4.48. The third kappa shape index (κ3) is 4.06. The standard InChI is InChI=1S/C17H22ClNO2/c18-14-8-9-16(19-11-14)15-6-2-1-5-13(15)12-21-17-7-3-4-10-20-17/h2,6,8-9,11,13,15,17H,1,3-5,7,10,12H2/t13-,15?,17?/m1/s1. The van der Waals surface area contributed by atoms with Gasteiger partial charge in [-0.05, 0) is 50.2 Å². The predicted molar refractivity (Wildman–Crippen MR) is 83.4 cm³/mol. The topological polar surface area (TPSA) is 31.4 Å². The van der Waals surface area contributed by atoms with Gasteiger partial charge in [0.1, 0.15) is 0 Å². The molecule has 0 amide bonds. The Bertz CT molecular complexity index is 468. The third-order valence-corrected chi connectivity index (χ3v) is 4.50. The number of rotatable bonds is 4. The molecule has 2 heterocycles. The van der Waals surface area contributed by atoms with Crippen LogP contribution in [0.2, 0.25) is 5.02 Å². The Morgan fingerprint density at radius 3 is 3.00 bits per heavy atom. The van der Waals surface area contributed by atoms with Gasteiger partial charge >= 0.3 is 0 Å². The summed E-state index contributed by atoms with van der Waals surface area (Å²) in [6.07, 6.45) is 11.9. The first kappa shape index (κ1) is 15.0. The summed E-state index contributed by atoms with van der Waals surface area (Å²) in [5.41, 5.74) is 1.08. The average molecular weight is 308 g/mol. The van der Waals surface area contributed by atoms with E-state index in [1.807, 2.05) is 12.1 Å². The molecule has 1 aromatic heterocycles. The maximum absolute atomic E-state index is 5.99. The van der Waals surface area contributed by atoms with Crippen LogP contribution in [0.15, 0.2) is 30.5 Å². The highest BCUT2D eigenvalue weighted by Gasteiger charge is 2.26. The summed E-state index contributed by atoms with van der Waals surface area (Å²) in [7, 11) is 0. The molecule has 2 aliphatic rings. The third-order valence-electron chi connectivity index (χ3n) is 4.28. The largest absolute Gasteiger partial charge is 0.353 e. The average Bonchev–Trinajstić information content (AvgIpc) is 2.55. The normalized spacial score (nSPS) is 29.5. The number of nitrogens with zero attached hydrogens (tertiary/aromatic N) is 1. The number of pyridine rings is 1. The molecule has 3 atom stereocenters. The van der Waals surface area contributed by atoms with Gasteiger partial charge in [0.15, 0.2) is 6.29 Å². The van der Waals surface area contributed by atoms with Crippen molar-refractivity contribution in [1.82, 2.24) is 4.98 Å². The van der Waals surface area contributed by atoms with Gasteiger partial charge in [-0.25, -0.2) is 0 Å². The van der Waals surface area contributed by atoms with Crippen molar-refractivity contribution >= 4 is 11.6 Å². The summed E-state index contributed by atoms with van der Waals surface area (Å²) in [5.74, 6) is 0.786. The molecule has 3 rings (SSSR count). The zero-order chi connectivity index (χ0) is 14.5. The van der Waals surface area contributed by atoms with Crippen molar-refractivity contribution in [2.45, 2.75) is 44.3 Å². The fourth-order valence-corrected chi connectivity index (χ4v) is 3.19. The molecule has 114 valence electrons. The van der Waals surface area contributed by atoms with Gasteiger partial charge in [0, 0.05) is 24.4 Å². The van der Waals surface area contributed by atoms with Crippen LogP contribution in [0.1, 0.15) is 43.7 Å². The van der Waals surface area contributed by atoms with Crippen molar-refractivity contribution in [3.05, 3.63) is 41.2 Å². The fraction of sp³-hybridized carbons (Fsp3) is 0.588. The van der Waals surface area contributed by atoms with E-state index in [4.69, 9.17) is 21.1 Å². The second-order valence-corrected chi connectivity index (χ2v) is 6.26. The monoisotopic (exact) mass is 307 g/mol. The van der Waals surface area contributed by atoms with E-state index in [0.717, 1.165) is 44.6 Å². The Balaban J connectivity index is 1.62. The molecule has 0 bridgehead atoms. The van der Waals surface area contributed by atoms with Crippen LogP contribution in [0.5, 0.6) is 0 Å². The van der Waals surface area contributed by atoms with Gasteiger partial charge in [-0.2, -0.15) is 0 Å². The molecule has 0 N–H and O–H groups in total. The molecule has 1 aromatic rings. The number of allylic oxidation sites excluding steroid dienone is 2. The molecule has 3 nitrogen and oxygen atoms in total. The Labute approximate surface area is 131 Å². The molecular formula is C17H22ClNO2. The lowest BCUT2D eigenvalue weighted by molar-refractivity contribution is -0.170. The minimum Gasteiger partial charge on any atom is -0.353 e.